The van der Waals surface area contributed by atoms with Crippen molar-refractivity contribution >= 4 is 11.8 Å². The fourth-order valence-electron chi connectivity index (χ4n) is 3.26. The van der Waals surface area contributed by atoms with Gasteiger partial charge in [0.2, 0.25) is 11.8 Å². The Morgan fingerprint density at radius 1 is 0.846 bits per heavy atom. The van der Waals surface area contributed by atoms with Gasteiger partial charge in [-0.2, -0.15) is 0 Å². The Bertz CT molecular complexity index is 622. The second kappa shape index (κ2) is 9.56. The van der Waals surface area contributed by atoms with Crippen molar-refractivity contribution in [3.05, 3.63) is 48.0 Å². The van der Waals surface area contributed by atoms with E-state index < -0.39 is 5.92 Å². The third-order valence-electron chi connectivity index (χ3n) is 5.14. The molecule has 2 amide bonds. The molecule has 0 fully saturated rings. The molecule has 0 saturated carbocycles. The van der Waals surface area contributed by atoms with E-state index in [-0.39, 0.29) is 30.3 Å². The first-order valence-electron chi connectivity index (χ1n) is 9.68. The highest BCUT2D eigenvalue weighted by Crippen LogP contribution is 2.22. The standard InChI is InChI=1S/C22H32N2O2/c1-15(2)19-12-8-9-13-20(16(3)4)24-22(26)18(14-21(25)23-19)17-10-6-5-7-11-17/h5-11,15-16,18-20H,12-14H2,1-4H3,(H,23,25)(H,24,26)/b9-8-/t18-,19-,20-/m0/s1. The van der Waals surface area contributed by atoms with Gasteiger partial charge in [0.1, 0.15) is 0 Å². The molecule has 2 N–H and O–H groups in total. The summed E-state index contributed by atoms with van der Waals surface area (Å²) < 4.78 is 0. The molecule has 4 nitrogen and oxygen atoms in total. The lowest BCUT2D eigenvalue weighted by Gasteiger charge is -2.27. The summed E-state index contributed by atoms with van der Waals surface area (Å²) in [4.78, 5) is 25.6. The minimum atomic E-state index is -0.464. The smallest absolute Gasteiger partial charge is 0.228 e. The lowest BCUT2D eigenvalue weighted by atomic mass is 9.91. The van der Waals surface area contributed by atoms with Gasteiger partial charge in [0, 0.05) is 18.5 Å². The average Bonchev–Trinajstić information content (AvgIpc) is 2.60. The molecule has 2 rings (SSSR count). The van der Waals surface area contributed by atoms with Crippen LogP contribution in [0, 0.1) is 11.8 Å². The van der Waals surface area contributed by atoms with Crippen LogP contribution in [-0.4, -0.2) is 23.9 Å². The Morgan fingerprint density at radius 3 is 1.92 bits per heavy atom. The van der Waals surface area contributed by atoms with Crippen LogP contribution in [0.5, 0.6) is 0 Å². The van der Waals surface area contributed by atoms with Gasteiger partial charge < -0.3 is 10.6 Å². The Labute approximate surface area is 157 Å². The third-order valence-corrected chi connectivity index (χ3v) is 5.14. The molecular weight excluding hydrogens is 324 g/mol. The number of hydrogen-bond donors (Lipinski definition) is 2. The topological polar surface area (TPSA) is 58.2 Å². The molecule has 0 aliphatic carbocycles. The zero-order valence-electron chi connectivity index (χ0n) is 16.4. The van der Waals surface area contributed by atoms with Gasteiger partial charge in [0.05, 0.1) is 5.92 Å². The van der Waals surface area contributed by atoms with E-state index in [1.54, 1.807) is 0 Å². The SMILES string of the molecule is CC(C)[C@@H]1C/C=C\C[C@@H](C(C)C)NC(=O)[C@H](c2ccccc2)CC(=O)N1. The van der Waals surface area contributed by atoms with Gasteiger partial charge in [-0.1, -0.05) is 70.2 Å². The highest BCUT2D eigenvalue weighted by Gasteiger charge is 2.28. The number of benzene rings is 1. The van der Waals surface area contributed by atoms with Crippen molar-refractivity contribution in [1.29, 1.82) is 0 Å². The van der Waals surface area contributed by atoms with E-state index in [2.05, 4.69) is 50.5 Å². The second-order valence-corrected chi connectivity index (χ2v) is 7.89. The highest BCUT2D eigenvalue weighted by atomic mass is 16.2. The number of nitrogens with one attached hydrogen (secondary N) is 2. The maximum absolute atomic E-state index is 13.0. The molecule has 0 aromatic heterocycles. The Hall–Kier alpha value is -2.10. The fraction of sp³-hybridized carbons (Fsp3) is 0.545. The first-order valence-corrected chi connectivity index (χ1v) is 9.68. The number of hydrogen-bond acceptors (Lipinski definition) is 2. The van der Waals surface area contributed by atoms with Crippen molar-refractivity contribution in [3.8, 4) is 0 Å². The van der Waals surface area contributed by atoms with E-state index >= 15 is 0 Å². The summed E-state index contributed by atoms with van der Waals surface area (Å²) in [6.45, 7) is 8.46. The van der Waals surface area contributed by atoms with Gasteiger partial charge in [0.25, 0.3) is 0 Å². The average molecular weight is 357 g/mol. The van der Waals surface area contributed by atoms with Crippen LogP contribution in [0.25, 0.3) is 0 Å². The summed E-state index contributed by atoms with van der Waals surface area (Å²) in [5.41, 5.74) is 0.886. The Morgan fingerprint density at radius 2 is 1.38 bits per heavy atom. The summed E-state index contributed by atoms with van der Waals surface area (Å²) in [5, 5.41) is 6.29. The highest BCUT2D eigenvalue weighted by molar-refractivity contribution is 5.90. The molecule has 1 aromatic carbocycles. The van der Waals surface area contributed by atoms with Gasteiger partial charge in [-0.15, -0.1) is 0 Å². The monoisotopic (exact) mass is 356 g/mol. The normalized spacial score (nSPS) is 26.6. The summed E-state index contributed by atoms with van der Waals surface area (Å²) in [7, 11) is 0. The van der Waals surface area contributed by atoms with Crippen LogP contribution >= 0.6 is 0 Å². The van der Waals surface area contributed by atoms with Crippen molar-refractivity contribution < 1.29 is 9.59 Å². The maximum atomic E-state index is 13.0. The van der Waals surface area contributed by atoms with Crippen molar-refractivity contribution in [3.63, 3.8) is 0 Å². The summed E-state index contributed by atoms with van der Waals surface area (Å²) >= 11 is 0. The lowest BCUT2D eigenvalue weighted by Crippen LogP contribution is -2.44. The third kappa shape index (κ3) is 5.72. The van der Waals surface area contributed by atoms with Crippen LogP contribution in [0.15, 0.2) is 42.5 Å². The van der Waals surface area contributed by atoms with Crippen LogP contribution in [0.4, 0.5) is 0 Å². The van der Waals surface area contributed by atoms with Crippen LogP contribution in [0.1, 0.15) is 58.4 Å². The van der Waals surface area contributed by atoms with E-state index in [4.69, 9.17) is 0 Å². The predicted octanol–water partition coefficient (Wildman–Crippen LogP) is 3.79. The minimum Gasteiger partial charge on any atom is -0.353 e. The van der Waals surface area contributed by atoms with Crippen LogP contribution in [0.3, 0.4) is 0 Å². The van der Waals surface area contributed by atoms with Crippen molar-refractivity contribution in [2.45, 2.75) is 65.0 Å². The van der Waals surface area contributed by atoms with Crippen molar-refractivity contribution in [1.82, 2.24) is 10.6 Å². The predicted molar refractivity (Wildman–Crippen MR) is 106 cm³/mol. The molecule has 0 spiro atoms. The van der Waals surface area contributed by atoms with Gasteiger partial charge in [-0.05, 0) is 30.2 Å². The fourth-order valence-corrected chi connectivity index (χ4v) is 3.26. The summed E-state index contributed by atoms with van der Waals surface area (Å²) in [5.74, 6) is 0.0747. The van der Waals surface area contributed by atoms with E-state index in [9.17, 15) is 9.59 Å². The molecule has 26 heavy (non-hydrogen) atoms. The van der Waals surface area contributed by atoms with Crippen molar-refractivity contribution in [2.24, 2.45) is 11.8 Å². The molecule has 1 heterocycles. The zero-order chi connectivity index (χ0) is 19.1. The van der Waals surface area contributed by atoms with Crippen LogP contribution in [0.2, 0.25) is 0 Å². The Kier molecular flexibility index (Phi) is 7.43. The molecule has 1 aliphatic rings. The molecule has 3 atom stereocenters. The number of amides is 2. The summed E-state index contributed by atoms with van der Waals surface area (Å²) in [6.07, 6.45) is 6.06. The summed E-state index contributed by atoms with van der Waals surface area (Å²) in [6, 6.07) is 9.77. The molecule has 1 aliphatic heterocycles. The van der Waals surface area contributed by atoms with E-state index in [1.165, 1.54) is 0 Å². The van der Waals surface area contributed by atoms with E-state index in [1.807, 2.05) is 30.3 Å². The van der Waals surface area contributed by atoms with Gasteiger partial charge in [0.15, 0.2) is 0 Å². The largest absolute Gasteiger partial charge is 0.353 e. The minimum absolute atomic E-state index is 0.0669. The van der Waals surface area contributed by atoms with E-state index in [0.717, 1.165) is 18.4 Å². The first-order chi connectivity index (χ1) is 12.4. The number of carbonyl (C=O) groups is 2. The molecule has 142 valence electrons. The van der Waals surface area contributed by atoms with Crippen LogP contribution < -0.4 is 10.6 Å². The van der Waals surface area contributed by atoms with Gasteiger partial charge >= 0.3 is 0 Å². The lowest BCUT2D eigenvalue weighted by molar-refractivity contribution is -0.129. The van der Waals surface area contributed by atoms with E-state index in [0.29, 0.717) is 11.8 Å². The van der Waals surface area contributed by atoms with Crippen LogP contribution in [-0.2, 0) is 9.59 Å². The molecule has 0 unspecified atom stereocenters. The number of carbonyl (C=O) groups excluding carboxylic acids is 2. The maximum Gasteiger partial charge on any atom is 0.228 e. The first kappa shape index (κ1) is 20.2. The number of rotatable bonds is 3. The second-order valence-electron chi connectivity index (χ2n) is 7.89. The van der Waals surface area contributed by atoms with Gasteiger partial charge in [-0.25, -0.2) is 0 Å². The van der Waals surface area contributed by atoms with Gasteiger partial charge in [-0.3, -0.25) is 9.59 Å². The zero-order valence-corrected chi connectivity index (χ0v) is 16.4. The molecular formula is C22H32N2O2. The molecule has 4 heteroatoms. The van der Waals surface area contributed by atoms with Crippen molar-refractivity contribution in [2.75, 3.05) is 0 Å². The molecule has 0 bridgehead atoms. The Balaban J connectivity index is 2.31. The quantitative estimate of drug-likeness (QED) is 0.810. The molecule has 0 radical (unpaired) electrons. The molecule has 0 saturated heterocycles. The molecule has 1 aromatic rings.